The Bertz CT molecular complexity index is 2520. The van der Waals surface area contributed by atoms with Gasteiger partial charge in [-0.1, -0.05) is 48.5 Å². The molecule has 1 N–H and O–H groups in total. The van der Waals surface area contributed by atoms with Crippen LogP contribution in [0.25, 0.3) is 49.3 Å². The van der Waals surface area contributed by atoms with Crippen LogP contribution in [-0.4, -0.2) is 30.6 Å². The van der Waals surface area contributed by atoms with Crippen molar-refractivity contribution >= 4 is 32.6 Å². The molecular weight excluding hydrogens is 674 g/mol. The molecule has 0 bridgehead atoms. The summed E-state index contributed by atoms with van der Waals surface area (Å²) in [6, 6.07) is 21.7. The van der Waals surface area contributed by atoms with E-state index in [1.807, 2.05) is 6.07 Å². The van der Waals surface area contributed by atoms with Crippen LogP contribution in [0.5, 0.6) is 5.75 Å². The zero-order valence-corrected chi connectivity index (χ0v) is 26.5. The summed E-state index contributed by atoms with van der Waals surface area (Å²) >= 11 is 0. The molecule has 5 aromatic carbocycles. The summed E-state index contributed by atoms with van der Waals surface area (Å²) in [5.74, 6) is -3.74. The first-order valence-electron chi connectivity index (χ1n) is 14.5. The van der Waals surface area contributed by atoms with Crippen molar-refractivity contribution in [2.45, 2.75) is 11.3 Å². The molecule has 6 aromatic rings. The van der Waals surface area contributed by atoms with Gasteiger partial charge in [0.2, 0.25) is 0 Å². The summed E-state index contributed by atoms with van der Waals surface area (Å²) in [7, 11) is -3.60. The Morgan fingerprint density at radius 3 is 2.28 bits per heavy atom. The number of halogens is 4. The number of nitriles is 1. The molecule has 0 unspecified atom stereocenters. The zero-order valence-electron chi connectivity index (χ0n) is 25.7. The highest BCUT2D eigenvalue weighted by molar-refractivity contribution is 7.90. The normalized spacial score (nSPS) is 11.4. The molecule has 0 fully saturated rings. The van der Waals surface area contributed by atoms with Gasteiger partial charge in [-0.2, -0.15) is 5.26 Å². The number of alkyl halides is 2. The predicted molar refractivity (Wildman–Crippen MR) is 177 cm³/mol. The maximum atomic E-state index is 15.8. The molecule has 1 aromatic heterocycles. The quantitative estimate of drug-likeness (QED) is 0.125. The fourth-order valence-electron chi connectivity index (χ4n) is 5.86. The van der Waals surface area contributed by atoms with Gasteiger partial charge in [-0.3, -0.25) is 0 Å². The van der Waals surface area contributed by atoms with Gasteiger partial charge in [0, 0.05) is 38.8 Å². The number of hydrogen-bond acceptors (Lipinski definition) is 5. The minimum absolute atomic E-state index is 0.00154. The first-order valence-corrected chi connectivity index (χ1v) is 16.0. The van der Waals surface area contributed by atoms with Crippen LogP contribution in [0.2, 0.25) is 0 Å². The number of hydrogen-bond donors (Lipinski definition) is 1. The fraction of sp³-hybridized carbons (Fsp3) is 0.0541. The molecule has 0 radical (unpaired) electrons. The summed E-state index contributed by atoms with van der Waals surface area (Å²) in [6.07, 6.45) is -2.87. The third-order valence-corrected chi connectivity index (χ3v) is 9.80. The van der Waals surface area contributed by atoms with Gasteiger partial charge < -0.3 is 9.84 Å². The lowest BCUT2D eigenvalue weighted by atomic mass is 9.92. The second-order valence-electron chi connectivity index (χ2n) is 10.8. The summed E-state index contributed by atoms with van der Waals surface area (Å²) in [4.78, 5) is 14.9. The summed E-state index contributed by atoms with van der Waals surface area (Å²) in [6.45, 7) is 7.87. The summed E-state index contributed by atoms with van der Waals surface area (Å²) in [5.41, 5.74) is -1.00. The van der Waals surface area contributed by atoms with E-state index in [1.54, 1.807) is 0 Å². The van der Waals surface area contributed by atoms with Crippen molar-refractivity contribution in [3.8, 4) is 45.3 Å². The number of aromatic nitrogens is 1. The Morgan fingerprint density at radius 1 is 0.940 bits per heavy atom. The van der Waals surface area contributed by atoms with Gasteiger partial charge in [0.15, 0.2) is 17.3 Å². The van der Waals surface area contributed by atoms with E-state index in [0.29, 0.717) is 0 Å². The molecular formula is C37H21F4N3O5S. The third-order valence-electron chi connectivity index (χ3n) is 8.07. The van der Waals surface area contributed by atoms with Crippen molar-refractivity contribution in [1.29, 1.82) is 5.26 Å². The largest absolute Gasteiger partial charge is 0.493 e. The van der Waals surface area contributed by atoms with Crippen molar-refractivity contribution < 1.29 is 40.6 Å². The molecule has 8 nitrogen and oxygen atoms in total. The molecule has 0 atom stereocenters. The van der Waals surface area contributed by atoms with E-state index in [1.165, 1.54) is 54.6 Å². The van der Waals surface area contributed by atoms with Crippen molar-refractivity contribution in [3.63, 3.8) is 0 Å². The van der Waals surface area contributed by atoms with Crippen LogP contribution < -0.4 is 4.74 Å². The topological polar surface area (TPSA) is 114 Å². The predicted octanol–water partition coefficient (Wildman–Crippen LogP) is 9.22. The highest BCUT2D eigenvalue weighted by Gasteiger charge is 2.31. The van der Waals surface area contributed by atoms with E-state index in [0.717, 1.165) is 53.5 Å². The number of rotatable bonds is 8. The van der Waals surface area contributed by atoms with Crippen LogP contribution in [0.3, 0.4) is 0 Å². The third kappa shape index (κ3) is 5.49. The van der Waals surface area contributed by atoms with E-state index in [4.69, 9.17) is 11.3 Å². The van der Waals surface area contributed by atoms with Crippen LogP contribution in [0, 0.1) is 29.5 Å². The number of nitrogens with zero attached hydrogens (tertiary/aromatic N) is 3. The smallest absolute Gasteiger partial charge is 0.339 e. The van der Waals surface area contributed by atoms with Gasteiger partial charge in [0.1, 0.15) is 11.4 Å². The van der Waals surface area contributed by atoms with Crippen LogP contribution in [0.4, 0.5) is 23.2 Å². The number of carbonyl (C=O) groups is 1. The van der Waals surface area contributed by atoms with Crippen molar-refractivity contribution in [1.82, 2.24) is 3.97 Å². The fourth-order valence-corrected chi connectivity index (χ4v) is 7.41. The van der Waals surface area contributed by atoms with Gasteiger partial charge in [-0.25, -0.2) is 39.6 Å². The Balaban J connectivity index is 1.77. The highest BCUT2D eigenvalue weighted by atomic mass is 32.2. The summed E-state index contributed by atoms with van der Waals surface area (Å²) < 4.78 is 92.7. The number of ether oxygens (including phenoxy) is 1. The van der Waals surface area contributed by atoms with Gasteiger partial charge in [0.25, 0.3) is 16.4 Å². The number of aromatic carboxylic acids is 1. The Morgan fingerprint density at radius 2 is 1.64 bits per heavy atom. The molecule has 0 aliphatic heterocycles. The molecule has 0 aliphatic carbocycles. The molecule has 0 amide bonds. The molecule has 0 saturated carbocycles. The first-order chi connectivity index (χ1) is 23.9. The molecule has 13 heteroatoms. The molecule has 0 saturated heterocycles. The van der Waals surface area contributed by atoms with E-state index in [-0.39, 0.29) is 55.7 Å². The van der Waals surface area contributed by atoms with Crippen LogP contribution in [-0.2, 0) is 10.0 Å². The van der Waals surface area contributed by atoms with Crippen LogP contribution >= 0.6 is 0 Å². The molecule has 0 aliphatic rings. The van der Waals surface area contributed by atoms with Crippen LogP contribution in [0.1, 0.15) is 27.9 Å². The van der Waals surface area contributed by atoms with Crippen molar-refractivity contribution in [3.05, 3.63) is 137 Å². The number of fused-ring (bicyclic) bond motifs is 1. The van der Waals surface area contributed by atoms with Gasteiger partial charge in [-0.15, -0.1) is 0 Å². The van der Waals surface area contributed by atoms with Gasteiger partial charge in [0.05, 0.1) is 35.9 Å². The van der Waals surface area contributed by atoms with Gasteiger partial charge in [-0.05, 0) is 54.1 Å². The molecule has 1 heterocycles. The Labute approximate surface area is 282 Å². The number of carboxylic acid groups (broad SMARTS) is 1. The summed E-state index contributed by atoms with van der Waals surface area (Å²) in [5, 5.41) is 19.7. The molecule has 0 spiro atoms. The van der Waals surface area contributed by atoms with Crippen LogP contribution in [0.15, 0.2) is 102 Å². The zero-order chi connectivity index (χ0) is 35.9. The molecule has 6 rings (SSSR count). The van der Waals surface area contributed by atoms with Crippen molar-refractivity contribution in [2.75, 3.05) is 7.11 Å². The lowest BCUT2D eigenvalue weighted by Gasteiger charge is -2.16. The van der Waals surface area contributed by atoms with Crippen molar-refractivity contribution in [2.24, 2.45) is 0 Å². The average Bonchev–Trinajstić information content (AvgIpc) is 3.45. The average molecular weight is 696 g/mol. The van der Waals surface area contributed by atoms with E-state index < -0.39 is 55.8 Å². The van der Waals surface area contributed by atoms with E-state index >= 15 is 8.78 Å². The Hall–Kier alpha value is -6.44. The molecule has 248 valence electrons. The first kappa shape index (κ1) is 33.5. The maximum absolute atomic E-state index is 15.8. The van der Waals surface area contributed by atoms with E-state index in [9.17, 15) is 32.4 Å². The lowest BCUT2D eigenvalue weighted by Crippen LogP contribution is -2.14. The monoisotopic (exact) mass is 695 g/mol. The number of carboxylic acids is 1. The Kier molecular flexibility index (Phi) is 8.62. The highest BCUT2D eigenvalue weighted by Crippen LogP contribution is 2.48. The minimum atomic E-state index is -4.71. The van der Waals surface area contributed by atoms with E-state index in [2.05, 4.69) is 4.85 Å². The standard InChI is InChI=1S/C37H21F4N3O5S/c1-43-29-8-4-7-23(19-42)31(29)32-28-18-24(38)11-16-30(28)44(50(47,48)25-12-9-20(10-13-25)36(40)41)34(32)22-6-3-5-21(17-22)26-14-15-27(37(45)46)35(49-2)33(26)39/h3-18,36H,2H3,(H,45,46). The second-order valence-corrected chi connectivity index (χ2v) is 12.6. The molecule has 50 heavy (non-hydrogen) atoms. The number of methoxy groups -OCH3 is 1. The SMILES string of the molecule is [C-]#[N+]c1cccc(C#N)c1-c1c(-c2cccc(-c3ccc(C(=O)O)c(OC)c3F)c2)n(S(=O)(=O)c2ccc(C(F)F)cc2)c2ccc(F)cc12. The minimum Gasteiger partial charge on any atom is -0.493 e. The second kappa shape index (κ2) is 12.9. The number of benzene rings is 5. The van der Waals surface area contributed by atoms with Gasteiger partial charge >= 0.3 is 5.97 Å². The maximum Gasteiger partial charge on any atom is 0.339 e. The lowest BCUT2D eigenvalue weighted by molar-refractivity contribution is 0.0692.